The van der Waals surface area contributed by atoms with Crippen LogP contribution in [0.3, 0.4) is 0 Å². The van der Waals surface area contributed by atoms with E-state index < -0.39 is 0 Å². The fourth-order valence-electron chi connectivity index (χ4n) is 2.06. The quantitative estimate of drug-likeness (QED) is 0.783. The van der Waals surface area contributed by atoms with Gasteiger partial charge in [0, 0.05) is 13.0 Å². The molecule has 0 bridgehead atoms. The van der Waals surface area contributed by atoms with Crippen LogP contribution in [0, 0.1) is 5.82 Å². The van der Waals surface area contributed by atoms with E-state index in [0.29, 0.717) is 36.6 Å². The summed E-state index contributed by atoms with van der Waals surface area (Å²) in [5.41, 5.74) is 0.660. The number of anilines is 2. The van der Waals surface area contributed by atoms with Crippen molar-refractivity contribution in [2.75, 3.05) is 17.2 Å². The average molecular weight is 316 g/mol. The Labute approximate surface area is 135 Å². The van der Waals surface area contributed by atoms with Crippen LogP contribution >= 0.6 is 0 Å². The molecule has 0 unspecified atom stereocenters. The van der Waals surface area contributed by atoms with E-state index >= 15 is 0 Å². The first-order valence-electron chi connectivity index (χ1n) is 7.80. The number of unbranched alkanes of at least 4 members (excludes halogenated alkanes) is 1. The number of hydrogen-bond acceptors (Lipinski definition) is 4. The first-order chi connectivity index (χ1) is 11.2. The van der Waals surface area contributed by atoms with E-state index in [2.05, 4.69) is 20.8 Å². The van der Waals surface area contributed by atoms with Gasteiger partial charge in [0.2, 0.25) is 5.91 Å². The van der Waals surface area contributed by atoms with E-state index in [4.69, 9.17) is 0 Å². The van der Waals surface area contributed by atoms with Crippen LogP contribution in [0.4, 0.5) is 16.0 Å². The number of aromatic nitrogens is 2. The number of halogens is 1. The molecule has 2 N–H and O–H groups in total. The minimum atomic E-state index is -0.203. The zero-order valence-corrected chi connectivity index (χ0v) is 13.2. The molecule has 1 amide bonds. The van der Waals surface area contributed by atoms with Crippen molar-refractivity contribution in [2.45, 2.75) is 32.6 Å². The summed E-state index contributed by atoms with van der Waals surface area (Å²) in [7, 11) is 0. The SMILES string of the molecule is CCCCC(=O)Nc1ccc(NCCc2ccccc2F)nn1. The Bertz CT molecular complexity index is 631. The molecule has 0 radical (unpaired) electrons. The van der Waals surface area contributed by atoms with Crippen molar-refractivity contribution in [1.29, 1.82) is 0 Å². The summed E-state index contributed by atoms with van der Waals surface area (Å²) >= 11 is 0. The Hall–Kier alpha value is -2.50. The number of nitrogens with zero attached hydrogens (tertiary/aromatic N) is 2. The van der Waals surface area contributed by atoms with E-state index in [1.54, 1.807) is 24.3 Å². The number of benzene rings is 1. The molecule has 5 nitrogen and oxygen atoms in total. The zero-order valence-electron chi connectivity index (χ0n) is 13.2. The van der Waals surface area contributed by atoms with E-state index in [9.17, 15) is 9.18 Å². The molecule has 0 aliphatic rings. The normalized spacial score (nSPS) is 10.3. The first kappa shape index (κ1) is 16.9. The Balaban J connectivity index is 1.79. The molecule has 1 heterocycles. The monoisotopic (exact) mass is 316 g/mol. The number of nitrogens with one attached hydrogen (secondary N) is 2. The number of carbonyl (C=O) groups is 1. The van der Waals surface area contributed by atoms with Gasteiger partial charge in [0.05, 0.1) is 0 Å². The second kappa shape index (κ2) is 8.82. The largest absolute Gasteiger partial charge is 0.368 e. The lowest BCUT2D eigenvalue weighted by molar-refractivity contribution is -0.116. The minimum absolute atomic E-state index is 0.0542. The molecule has 0 saturated heterocycles. The van der Waals surface area contributed by atoms with Gasteiger partial charge in [0.1, 0.15) is 11.6 Å². The molecule has 2 aromatic rings. The molecule has 0 atom stereocenters. The molecule has 1 aromatic heterocycles. The van der Waals surface area contributed by atoms with Crippen LogP contribution in [0.25, 0.3) is 0 Å². The predicted octanol–water partition coefficient (Wildman–Crippen LogP) is 3.40. The number of carbonyl (C=O) groups excluding carboxylic acids is 1. The first-order valence-corrected chi connectivity index (χ1v) is 7.80. The van der Waals surface area contributed by atoms with Crippen LogP contribution in [-0.2, 0) is 11.2 Å². The maximum atomic E-state index is 13.5. The van der Waals surface area contributed by atoms with Crippen LogP contribution in [-0.4, -0.2) is 22.6 Å². The molecule has 0 aliphatic carbocycles. The third-order valence-electron chi connectivity index (χ3n) is 3.35. The van der Waals surface area contributed by atoms with Crippen molar-refractivity contribution in [1.82, 2.24) is 10.2 Å². The van der Waals surface area contributed by atoms with Gasteiger partial charge in [-0.25, -0.2) is 4.39 Å². The van der Waals surface area contributed by atoms with Gasteiger partial charge in [-0.15, -0.1) is 10.2 Å². The second-order valence-electron chi connectivity index (χ2n) is 5.22. The number of amides is 1. The Kier molecular flexibility index (Phi) is 6.47. The summed E-state index contributed by atoms with van der Waals surface area (Å²) in [6.45, 7) is 2.59. The lowest BCUT2D eigenvalue weighted by atomic mass is 10.1. The van der Waals surface area contributed by atoms with Crippen molar-refractivity contribution in [3.63, 3.8) is 0 Å². The average Bonchev–Trinajstić information content (AvgIpc) is 2.56. The van der Waals surface area contributed by atoms with Gasteiger partial charge in [0.25, 0.3) is 0 Å². The molecular weight excluding hydrogens is 295 g/mol. The van der Waals surface area contributed by atoms with Gasteiger partial charge in [-0.3, -0.25) is 4.79 Å². The number of hydrogen-bond donors (Lipinski definition) is 2. The number of rotatable bonds is 8. The van der Waals surface area contributed by atoms with Crippen molar-refractivity contribution >= 4 is 17.5 Å². The topological polar surface area (TPSA) is 66.9 Å². The van der Waals surface area contributed by atoms with Crippen molar-refractivity contribution in [3.8, 4) is 0 Å². The fraction of sp³-hybridized carbons (Fsp3) is 0.353. The molecule has 6 heteroatoms. The molecule has 0 aliphatic heterocycles. The summed E-state index contributed by atoms with van der Waals surface area (Å²) in [4.78, 5) is 11.6. The highest BCUT2D eigenvalue weighted by Gasteiger charge is 2.04. The van der Waals surface area contributed by atoms with E-state index in [1.807, 2.05) is 13.0 Å². The van der Waals surface area contributed by atoms with Crippen LogP contribution in [0.5, 0.6) is 0 Å². The van der Waals surface area contributed by atoms with Crippen molar-refractivity contribution in [2.24, 2.45) is 0 Å². The lowest BCUT2D eigenvalue weighted by Crippen LogP contribution is -2.13. The van der Waals surface area contributed by atoms with Gasteiger partial charge in [-0.1, -0.05) is 31.5 Å². The third kappa shape index (κ3) is 5.65. The van der Waals surface area contributed by atoms with Gasteiger partial charge in [-0.05, 0) is 36.6 Å². The third-order valence-corrected chi connectivity index (χ3v) is 3.35. The summed E-state index contributed by atoms with van der Waals surface area (Å²) in [5, 5.41) is 13.7. The molecule has 0 saturated carbocycles. The second-order valence-corrected chi connectivity index (χ2v) is 5.22. The maximum Gasteiger partial charge on any atom is 0.225 e. The van der Waals surface area contributed by atoms with Crippen LogP contribution in [0.2, 0.25) is 0 Å². The zero-order chi connectivity index (χ0) is 16.5. The summed E-state index contributed by atoms with van der Waals surface area (Å²) < 4.78 is 13.5. The molecule has 122 valence electrons. The molecule has 0 fully saturated rings. The van der Waals surface area contributed by atoms with Crippen molar-refractivity contribution < 1.29 is 9.18 Å². The minimum Gasteiger partial charge on any atom is -0.368 e. The Morgan fingerprint density at radius 3 is 2.57 bits per heavy atom. The summed E-state index contributed by atoms with van der Waals surface area (Å²) in [6.07, 6.45) is 2.88. The summed E-state index contributed by atoms with van der Waals surface area (Å²) in [5.74, 6) is 0.769. The molecule has 0 spiro atoms. The van der Waals surface area contributed by atoms with E-state index in [-0.39, 0.29) is 11.7 Å². The highest BCUT2D eigenvalue weighted by Crippen LogP contribution is 2.09. The van der Waals surface area contributed by atoms with Crippen LogP contribution in [0.15, 0.2) is 36.4 Å². The molecule has 1 aromatic carbocycles. The van der Waals surface area contributed by atoms with Gasteiger partial charge >= 0.3 is 0 Å². The van der Waals surface area contributed by atoms with Gasteiger partial charge < -0.3 is 10.6 Å². The molecular formula is C17H21FN4O. The highest BCUT2D eigenvalue weighted by atomic mass is 19.1. The molecule has 23 heavy (non-hydrogen) atoms. The fourth-order valence-corrected chi connectivity index (χ4v) is 2.06. The van der Waals surface area contributed by atoms with Crippen LogP contribution in [0.1, 0.15) is 31.7 Å². The van der Waals surface area contributed by atoms with E-state index in [0.717, 1.165) is 12.8 Å². The predicted molar refractivity (Wildman–Crippen MR) is 88.8 cm³/mol. The smallest absolute Gasteiger partial charge is 0.225 e. The van der Waals surface area contributed by atoms with Gasteiger partial charge in [-0.2, -0.15) is 0 Å². The van der Waals surface area contributed by atoms with Gasteiger partial charge in [0.15, 0.2) is 5.82 Å². The highest BCUT2D eigenvalue weighted by molar-refractivity contribution is 5.89. The standard InChI is InChI=1S/C17H21FN4O/c1-2-3-8-17(23)20-16-10-9-15(21-22-16)19-12-11-13-6-4-5-7-14(13)18/h4-7,9-10H,2-3,8,11-12H2,1H3,(H,19,21)(H,20,22,23). The van der Waals surface area contributed by atoms with Crippen molar-refractivity contribution in [3.05, 3.63) is 47.8 Å². The van der Waals surface area contributed by atoms with E-state index in [1.165, 1.54) is 6.07 Å². The lowest BCUT2D eigenvalue weighted by Gasteiger charge is -2.07. The van der Waals surface area contributed by atoms with Crippen LogP contribution < -0.4 is 10.6 Å². The maximum absolute atomic E-state index is 13.5. The Morgan fingerprint density at radius 1 is 1.13 bits per heavy atom. The summed E-state index contributed by atoms with van der Waals surface area (Å²) in [6, 6.07) is 10.1. The molecule has 2 rings (SSSR count). The Morgan fingerprint density at radius 2 is 1.87 bits per heavy atom.